The highest BCUT2D eigenvalue weighted by atomic mass is 35.5. The third-order valence-corrected chi connectivity index (χ3v) is 10.1. The van der Waals surface area contributed by atoms with E-state index in [1.165, 1.54) is 18.2 Å². The molecule has 0 spiro atoms. The Balaban J connectivity index is 1.53. The van der Waals surface area contributed by atoms with Crippen LogP contribution in [-0.4, -0.2) is 39.4 Å². The van der Waals surface area contributed by atoms with Crippen molar-refractivity contribution in [1.82, 2.24) is 4.90 Å². The summed E-state index contributed by atoms with van der Waals surface area (Å²) in [5, 5.41) is 11.6. The first-order valence-corrected chi connectivity index (χ1v) is 14.8. The molecule has 7 rings (SSSR count). The lowest BCUT2D eigenvalue weighted by molar-refractivity contribution is -0.137. The van der Waals surface area contributed by atoms with Gasteiger partial charge in [-0.1, -0.05) is 83.9 Å². The number of hydrogen-bond acceptors (Lipinski definition) is 6. The Bertz CT molecular complexity index is 1830. The van der Waals surface area contributed by atoms with Gasteiger partial charge in [0.1, 0.15) is 5.75 Å². The second kappa shape index (κ2) is 10.1. The number of nitrogens with zero attached hydrogens (tertiary/aromatic N) is 1. The Kier molecular flexibility index (Phi) is 6.44. The van der Waals surface area contributed by atoms with Crippen LogP contribution in [0.25, 0.3) is 5.57 Å². The van der Waals surface area contributed by atoms with Gasteiger partial charge in [0.15, 0.2) is 11.6 Å². The molecule has 3 aromatic carbocycles. The Labute approximate surface area is 257 Å². The molecule has 3 N–H and O–H groups in total. The minimum Gasteiger partial charge on any atom is -0.508 e. The number of halogens is 1. The van der Waals surface area contributed by atoms with Gasteiger partial charge < -0.3 is 10.8 Å². The molecule has 1 saturated heterocycles. The number of amides is 4. The average Bonchev–Trinajstić information content (AvgIpc) is 3.29. The van der Waals surface area contributed by atoms with Crippen LogP contribution in [0, 0.1) is 23.7 Å². The largest absolute Gasteiger partial charge is 0.508 e. The molecule has 4 aliphatic rings. The number of primary amides is 1. The smallest absolute Gasteiger partial charge is 0.328 e. The Morgan fingerprint density at radius 3 is 2.27 bits per heavy atom. The average molecular weight is 607 g/mol. The number of imide groups is 3. The van der Waals surface area contributed by atoms with Crippen LogP contribution in [0.15, 0.2) is 96.6 Å². The van der Waals surface area contributed by atoms with Crippen molar-refractivity contribution in [2.24, 2.45) is 29.4 Å². The lowest BCUT2D eigenvalue weighted by Gasteiger charge is -2.55. The predicted molar refractivity (Wildman–Crippen MR) is 161 cm³/mol. The predicted octanol–water partition coefficient (Wildman–Crippen LogP) is 4.95. The summed E-state index contributed by atoms with van der Waals surface area (Å²) in [4.78, 5) is 69.2. The van der Waals surface area contributed by atoms with Gasteiger partial charge in [0, 0.05) is 28.0 Å². The summed E-state index contributed by atoms with van der Waals surface area (Å²) in [5.41, 5.74) is 6.38. The minimum absolute atomic E-state index is 0.0695. The molecule has 0 bridgehead atoms. The number of hydrogen-bond donors (Lipinski definition) is 2. The summed E-state index contributed by atoms with van der Waals surface area (Å²) in [6.07, 6.45) is 3.44. The molecule has 1 saturated carbocycles. The van der Waals surface area contributed by atoms with Gasteiger partial charge in [-0.3, -0.25) is 19.2 Å². The molecule has 0 unspecified atom stereocenters. The molecule has 220 valence electrons. The zero-order chi connectivity index (χ0) is 30.9. The fourth-order valence-electron chi connectivity index (χ4n) is 8.19. The van der Waals surface area contributed by atoms with Gasteiger partial charge in [-0.05, 0) is 54.2 Å². The maximum absolute atomic E-state index is 14.9. The van der Waals surface area contributed by atoms with Gasteiger partial charge in [-0.25, -0.2) is 4.79 Å². The number of ketones is 2. The molecule has 4 amide bonds. The van der Waals surface area contributed by atoms with Crippen molar-refractivity contribution in [2.45, 2.75) is 24.2 Å². The maximum atomic E-state index is 14.9. The first kappa shape index (κ1) is 28.0. The topological polar surface area (TPSA) is 135 Å². The van der Waals surface area contributed by atoms with Crippen molar-refractivity contribution in [3.8, 4) is 5.75 Å². The lowest BCUT2D eigenvalue weighted by Crippen LogP contribution is -2.58. The third-order valence-electron chi connectivity index (χ3n) is 9.90. The second-order valence-electron chi connectivity index (χ2n) is 11.8. The summed E-state index contributed by atoms with van der Waals surface area (Å²) < 4.78 is 0. The highest BCUT2D eigenvalue weighted by Gasteiger charge is 2.66. The van der Waals surface area contributed by atoms with E-state index in [0.717, 1.165) is 0 Å². The number of rotatable bonds is 3. The normalized spacial score (nSPS) is 29.4. The number of carbonyl (C=O) groups excluding carboxylic acids is 5. The summed E-state index contributed by atoms with van der Waals surface area (Å²) in [6.45, 7) is 0. The number of phenolic OH excluding ortho intramolecular Hbond substituents is 1. The van der Waals surface area contributed by atoms with Crippen molar-refractivity contribution < 1.29 is 29.1 Å². The van der Waals surface area contributed by atoms with E-state index in [0.29, 0.717) is 32.2 Å². The fraction of sp³-hybridized carbons (Fsp3) is 0.229. The number of urea groups is 1. The van der Waals surface area contributed by atoms with E-state index in [9.17, 15) is 29.1 Å². The van der Waals surface area contributed by atoms with Crippen LogP contribution < -0.4 is 5.73 Å². The first-order valence-electron chi connectivity index (χ1n) is 14.4. The minimum atomic E-state index is -1.50. The Hall–Kier alpha value is -4.82. The molecular weight excluding hydrogens is 580 g/mol. The molecule has 3 aliphatic carbocycles. The number of phenols is 1. The van der Waals surface area contributed by atoms with Crippen molar-refractivity contribution in [1.29, 1.82) is 0 Å². The number of likely N-dealkylation sites (tertiary alicyclic amines) is 1. The van der Waals surface area contributed by atoms with Crippen molar-refractivity contribution in [3.63, 3.8) is 0 Å². The van der Waals surface area contributed by atoms with Crippen LogP contribution in [0.4, 0.5) is 4.79 Å². The number of aromatic hydroxyl groups is 1. The van der Waals surface area contributed by atoms with Gasteiger partial charge in [0.05, 0.1) is 17.3 Å². The van der Waals surface area contributed by atoms with Crippen LogP contribution in [0.2, 0.25) is 5.02 Å². The van der Waals surface area contributed by atoms with Gasteiger partial charge in [0.2, 0.25) is 11.8 Å². The van der Waals surface area contributed by atoms with Crippen molar-refractivity contribution in [3.05, 3.63) is 118 Å². The van der Waals surface area contributed by atoms with E-state index in [-0.39, 0.29) is 35.7 Å². The number of Topliss-reactive ketones (excluding diaryl/α,β-unsaturated/α-hetero) is 1. The summed E-state index contributed by atoms with van der Waals surface area (Å²) in [6, 6.07) is 21.4. The molecule has 8 nitrogen and oxygen atoms in total. The Morgan fingerprint density at radius 2 is 1.59 bits per heavy atom. The van der Waals surface area contributed by atoms with Gasteiger partial charge in [0.25, 0.3) is 0 Å². The van der Waals surface area contributed by atoms with Crippen LogP contribution >= 0.6 is 11.6 Å². The van der Waals surface area contributed by atoms with E-state index in [1.807, 2.05) is 18.2 Å². The number of fused-ring (bicyclic) bond motifs is 4. The van der Waals surface area contributed by atoms with E-state index < -0.39 is 52.8 Å². The van der Waals surface area contributed by atoms with E-state index in [4.69, 9.17) is 17.3 Å². The summed E-state index contributed by atoms with van der Waals surface area (Å²) in [7, 11) is 0. The van der Waals surface area contributed by atoms with Crippen molar-refractivity contribution >= 4 is 46.6 Å². The van der Waals surface area contributed by atoms with Crippen LogP contribution in [0.1, 0.15) is 35.4 Å². The number of benzene rings is 3. The molecular formula is C35H27ClN2O6. The third kappa shape index (κ3) is 3.80. The van der Waals surface area contributed by atoms with Crippen molar-refractivity contribution in [2.75, 3.05) is 0 Å². The summed E-state index contributed by atoms with van der Waals surface area (Å²) >= 11 is 6.48. The Morgan fingerprint density at radius 1 is 0.909 bits per heavy atom. The molecule has 3 aromatic rings. The quantitative estimate of drug-likeness (QED) is 0.320. The zero-order valence-electron chi connectivity index (χ0n) is 23.4. The molecule has 9 heteroatoms. The molecule has 1 heterocycles. The molecule has 44 heavy (non-hydrogen) atoms. The van der Waals surface area contributed by atoms with E-state index in [1.54, 1.807) is 54.6 Å². The molecule has 2 fully saturated rings. The highest BCUT2D eigenvalue weighted by molar-refractivity contribution is 6.32. The summed E-state index contributed by atoms with van der Waals surface area (Å²) in [5.74, 6) is -6.47. The van der Waals surface area contributed by atoms with E-state index >= 15 is 0 Å². The number of carbonyl (C=O) groups is 5. The SMILES string of the molecule is NC(=O)N1C(=O)[C@H]2[C@H](CC=C3[C@H]2C[C@H]2C(=O)C(c4ccccc4)=CC(=O)[C@@]2(c2ccccc2)[C@H]3c2cc(Cl)ccc2O)C1=O. The first-order chi connectivity index (χ1) is 21.2. The lowest BCUT2D eigenvalue weighted by atomic mass is 9.44. The molecule has 6 atom stereocenters. The van der Waals surface area contributed by atoms with E-state index in [2.05, 4.69) is 0 Å². The van der Waals surface area contributed by atoms with Crippen LogP contribution in [0.3, 0.4) is 0 Å². The van der Waals surface area contributed by atoms with Gasteiger partial charge in [-0.2, -0.15) is 4.90 Å². The molecule has 0 aromatic heterocycles. The van der Waals surface area contributed by atoms with Crippen LogP contribution in [-0.2, 0) is 24.6 Å². The molecule has 1 aliphatic heterocycles. The van der Waals surface area contributed by atoms with Crippen LogP contribution in [0.5, 0.6) is 5.75 Å². The standard InChI is InChI=1S/C35H27ClN2O6/c36-20-11-14-27(39)25(15-20)30-21-12-13-22-29(33(43)38(32(22)42)34(37)44)24(21)16-26-31(41)23(18-7-3-1-4-8-18)17-28(40)35(26,30)19-9-5-2-6-10-19/h1-12,14-15,17,22,24,26,29-30,39H,13,16H2,(H2,37,44)/t22-,24+,26-,29-,30+,35-/m0/s1. The highest BCUT2D eigenvalue weighted by Crippen LogP contribution is 2.64. The molecule has 0 radical (unpaired) electrons. The second-order valence-corrected chi connectivity index (χ2v) is 12.3. The van der Waals surface area contributed by atoms with Gasteiger partial charge >= 0.3 is 6.03 Å². The number of nitrogens with two attached hydrogens (primary N) is 1. The van der Waals surface area contributed by atoms with Gasteiger partial charge in [-0.15, -0.1) is 0 Å². The maximum Gasteiger partial charge on any atom is 0.328 e. The fourth-order valence-corrected chi connectivity index (χ4v) is 8.37. The number of allylic oxidation sites excluding steroid dienone is 4. The zero-order valence-corrected chi connectivity index (χ0v) is 24.1. The monoisotopic (exact) mass is 606 g/mol.